The topological polar surface area (TPSA) is 52.6 Å². The standard InChI is InChI=1S/C31H48O4/c1-6-7-8-9-10-11-12-13-14-15-16-17-18-19-20-21-22-34-29(32)27-23-26(2)24-28(25-27)30(33)35-31(3,4)5/h10-11,13-14,23-25H,6-9,12,15-22H2,1-5H3/b11-10-,14-13-. The second-order valence-electron chi connectivity index (χ2n) is 10.3. The maximum atomic E-state index is 12.4. The van der Waals surface area contributed by atoms with Gasteiger partial charge in [0.05, 0.1) is 17.7 Å². The summed E-state index contributed by atoms with van der Waals surface area (Å²) in [5.74, 6) is -0.818. The lowest BCUT2D eigenvalue weighted by Gasteiger charge is -2.19. The number of carbonyl (C=O) groups excluding carboxylic acids is 2. The Balaban J connectivity index is 2.14. The number of unbranched alkanes of at least 4 members (excludes halogenated alkanes) is 9. The maximum Gasteiger partial charge on any atom is 0.338 e. The van der Waals surface area contributed by atoms with E-state index in [-0.39, 0.29) is 5.97 Å². The molecule has 4 nitrogen and oxygen atoms in total. The average Bonchev–Trinajstić information content (AvgIpc) is 2.79. The Morgan fingerprint density at radius 1 is 0.743 bits per heavy atom. The molecule has 0 N–H and O–H groups in total. The molecule has 0 atom stereocenters. The molecule has 0 aliphatic carbocycles. The molecule has 196 valence electrons. The minimum atomic E-state index is -0.580. The van der Waals surface area contributed by atoms with Gasteiger partial charge in [0, 0.05) is 0 Å². The van der Waals surface area contributed by atoms with Gasteiger partial charge in [-0.2, -0.15) is 0 Å². The molecule has 0 fully saturated rings. The molecule has 4 heteroatoms. The molecule has 0 aliphatic heterocycles. The van der Waals surface area contributed by atoms with Crippen LogP contribution in [0.5, 0.6) is 0 Å². The fourth-order valence-electron chi connectivity index (χ4n) is 3.69. The van der Waals surface area contributed by atoms with Crippen molar-refractivity contribution < 1.29 is 19.1 Å². The Bertz CT molecular complexity index is 799. The van der Waals surface area contributed by atoms with Crippen LogP contribution in [0.25, 0.3) is 0 Å². The van der Waals surface area contributed by atoms with E-state index in [1.807, 2.05) is 27.7 Å². The molecular formula is C31H48O4. The minimum absolute atomic E-state index is 0.376. The molecule has 1 aromatic carbocycles. The van der Waals surface area contributed by atoms with Gasteiger partial charge in [-0.05, 0) is 90.0 Å². The zero-order valence-electron chi connectivity index (χ0n) is 22.9. The van der Waals surface area contributed by atoms with Crippen LogP contribution >= 0.6 is 0 Å². The Morgan fingerprint density at radius 3 is 1.89 bits per heavy atom. The van der Waals surface area contributed by atoms with Gasteiger partial charge in [-0.1, -0.05) is 69.8 Å². The van der Waals surface area contributed by atoms with Crippen LogP contribution in [0.3, 0.4) is 0 Å². The third kappa shape index (κ3) is 16.0. The highest BCUT2D eigenvalue weighted by atomic mass is 16.6. The van der Waals surface area contributed by atoms with Crippen LogP contribution in [-0.4, -0.2) is 24.1 Å². The van der Waals surface area contributed by atoms with Crippen LogP contribution in [0.1, 0.15) is 131 Å². The number of ether oxygens (including phenoxy) is 2. The summed E-state index contributed by atoms with van der Waals surface area (Å²) in [5.41, 5.74) is 1.02. The van der Waals surface area contributed by atoms with Crippen LogP contribution in [-0.2, 0) is 9.47 Å². The molecule has 0 amide bonds. The molecule has 0 heterocycles. The van der Waals surface area contributed by atoms with Gasteiger partial charge in [0.15, 0.2) is 0 Å². The predicted molar refractivity (Wildman–Crippen MR) is 146 cm³/mol. The van der Waals surface area contributed by atoms with E-state index >= 15 is 0 Å². The highest BCUT2D eigenvalue weighted by Gasteiger charge is 2.19. The van der Waals surface area contributed by atoms with E-state index in [0.29, 0.717) is 17.7 Å². The lowest BCUT2D eigenvalue weighted by Crippen LogP contribution is -2.24. The number of allylic oxidation sites excluding steroid dienone is 4. The van der Waals surface area contributed by atoms with E-state index in [1.54, 1.807) is 18.2 Å². The van der Waals surface area contributed by atoms with Crippen molar-refractivity contribution in [2.45, 2.75) is 117 Å². The quantitative estimate of drug-likeness (QED) is 0.126. The zero-order valence-corrected chi connectivity index (χ0v) is 22.9. The van der Waals surface area contributed by atoms with E-state index in [1.165, 1.54) is 44.9 Å². The number of hydrogen-bond donors (Lipinski definition) is 0. The number of benzene rings is 1. The summed E-state index contributed by atoms with van der Waals surface area (Å²) in [6.07, 6.45) is 23.3. The van der Waals surface area contributed by atoms with Crippen LogP contribution in [0.4, 0.5) is 0 Å². The van der Waals surface area contributed by atoms with Crippen molar-refractivity contribution in [3.8, 4) is 0 Å². The summed E-state index contributed by atoms with van der Waals surface area (Å²) in [6.45, 7) is 9.97. The Labute approximate surface area is 214 Å². The first-order valence-electron chi connectivity index (χ1n) is 13.5. The van der Waals surface area contributed by atoms with Crippen LogP contribution in [0.15, 0.2) is 42.5 Å². The minimum Gasteiger partial charge on any atom is -0.462 e. The van der Waals surface area contributed by atoms with Crippen molar-refractivity contribution in [2.24, 2.45) is 0 Å². The largest absolute Gasteiger partial charge is 0.462 e. The fraction of sp³-hybridized carbons (Fsp3) is 0.613. The van der Waals surface area contributed by atoms with Crippen molar-refractivity contribution in [1.29, 1.82) is 0 Å². The van der Waals surface area contributed by atoms with Gasteiger partial charge in [-0.25, -0.2) is 9.59 Å². The van der Waals surface area contributed by atoms with E-state index in [9.17, 15) is 9.59 Å². The van der Waals surface area contributed by atoms with Crippen molar-refractivity contribution in [2.75, 3.05) is 6.61 Å². The molecule has 35 heavy (non-hydrogen) atoms. The second kappa shape index (κ2) is 18.0. The summed E-state index contributed by atoms with van der Waals surface area (Å²) in [7, 11) is 0. The van der Waals surface area contributed by atoms with Crippen molar-refractivity contribution in [3.63, 3.8) is 0 Å². The molecule has 1 aromatic rings. The zero-order chi connectivity index (χ0) is 25.9. The summed E-state index contributed by atoms with van der Waals surface area (Å²) in [6, 6.07) is 5.03. The highest BCUT2D eigenvalue weighted by molar-refractivity contribution is 5.95. The van der Waals surface area contributed by atoms with Crippen molar-refractivity contribution in [1.82, 2.24) is 0 Å². The number of carbonyl (C=O) groups is 2. The molecular weight excluding hydrogens is 436 g/mol. The number of aryl methyl sites for hydroxylation is 1. The molecule has 1 rings (SSSR count). The molecule has 0 aliphatic rings. The predicted octanol–water partition coefficient (Wildman–Crippen LogP) is 8.92. The van der Waals surface area contributed by atoms with Gasteiger partial charge < -0.3 is 9.47 Å². The van der Waals surface area contributed by atoms with E-state index in [4.69, 9.17) is 9.47 Å². The van der Waals surface area contributed by atoms with Gasteiger partial charge >= 0.3 is 11.9 Å². The number of rotatable bonds is 17. The van der Waals surface area contributed by atoms with Crippen molar-refractivity contribution >= 4 is 11.9 Å². The SMILES string of the molecule is CCCCC/C=C\C/C=C\CCCCCCCCOC(=O)c1cc(C)cc(C(=O)OC(C)(C)C)c1. The lowest BCUT2D eigenvalue weighted by molar-refractivity contribution is 0.00693. The van der Waals surface area contributed by atoms with Gasteiger partial charge in [-0.3, -0.25) is 0 Å². The van der Waals surface area contributed by atoms with E-state index in [0.717, 1.165) is 37.7 Å². The van der Waals surface area contributed by atoms with Gasteiger partial charge in [0.25, 0.3) is 0 Å². The van der Waals surface area contributed by atoms with Crippen LogP contribution in [0.2, 0.25) is 0 Å². The summed E-state index contributed by atoms with van der Waals surface area (Å²) in [4.78, 5) is 24.8. The normalized spacial score (nSPS) is 11.9. The molecule has 0 spiro atoms. The Hall–Kier alpha value is -2.36. The Kier molecular flexibility index (Phi) is 15.8. The molecule has 0 aromatic heterocycles. The maximum absolute atomic E-state index is 12.4. The molecule has 0 bridgehead atoms. The van der Waals surface area contributed by atoms with Crippen molar-refractivity contribution in [3.05, 3.63) is 59.2 Å². The summed E-state index contributed by atoms with van der Waals surface area (Å²) in [5, 5.41) is 0. The molecule has 0 radical (unpaired) electrons. The first-order valence-corrected chi connectivity index (χ1v) is 13.5. The van der Waals surface area contributed by atoms with Crippen LogP contribution in [0, 0.1) is 6.92 Å². The second-order valence-corrected chi connectivity index (χ2v) is 10.3. The van der Waals surface area contributed by atoms with Gasteiger partial charge in [-0.15, -0.1) is 0 Å². The fourth-order valence-corrected chi connectivity index (χ4v) is 3.69. The first-order chi connectivity index (χ1) is 16.7. The molecule has 0 saturated carbocycles. The summed E-state index contributed by atoms with van der Waals surface area (Å²) >= 11 is 0. The van der Waals surface area contributed by atoms with Gasteiger partial charge in [0.2, 0.25) is 0 Å². The van der Waals surface area contributed by atoms with Crippen LogP contribution < -0.4 is 0 Å². The third-order valence-corrected chi connectivity index (χ3v) is 5.53. The highest BCUT2D eigenvalue weighted by Crippen LogP contribution is 2.16. The smallest absolute Gasteiger partial charge is 0.338 e. The monoisotopic (exact) mass is 484 g/mol. The van der Waals surface area contributed by atoms with E-state index in [2.05, 4.69) is 31.2 Å². The number of hydrogen-bond acceptors (Lipinski definition) is 4. The summed E-state index contributed by atoms with van der Waals surface area (Å²) < 4.78 is 10.8. The number of esters is 2. The Morgan fingerprint density at radius 2 is 1.29 bits per heavy atom. The molecule has 0 unspecified atom stereocenters. The van der Waals surface area contributed by atoms with E-state index < -0.39 is 11.6 Å². The average molecular weight is 485 g/mol. The van der Waals surface area contributed by atoms with Gasteiger partial charge in [0.1, 0.15) is 5.60 Å². The third-order valence-electron chi connectivity index (χ3n) is 5.53. The molecule has 0 saturated heterocycles. The first kappa shape index (κ1) is 30.7. The lowest BCUT2D eigenvalue weighted by atomic mass is 10.1.